The second-order valence-electron chi connectivity index (χ2n) is 3.60. The van der Waals surface area contributed by atoms with Crippen LogP contribution < -0.4 is 5.46 Å². The summed E-state index contributed by atoms with van der Waals surface area (Å²) in [6, 6.07) is 14.0. The standard InChI is InChI=1S/C12H9BNO/c15-13-8-5-6-12-10(7-8)9-3-1-2-4-11(9)14-12/h1-7,14-15H. The van der Waals surface area contributed by atoms with Crippen LogP contribution in [0.25, 0.3) is 21.8 Å². The monoisotopic (exact) mass is 194 g/mol. The van der Waals surface area contributed by atoms with Crippen LogP contribution in [0.3, 0.4) is 0 Å². The van der Waals surface area contributed by atoms with Crippen LogP contribution in [0, 0.1) is 0 Å². The summed E-state index contributed by atoms with van der Waals surface area (Å²) >= 11 is 0. The van der Waals surface area contributed by atoms with Crippen molar-refractivity contribution in [2.45, 2.75) is 0 Å². The summed E-state index contributed by atoms with van der Waals surface area (Å²) in [5.74, 6) is 0. The van der Waals surface area contributed by atoms with E-state index in [1.807, 2.05) is 30.3 Å². The average molecular weight is 194 g/mol. The minimum Gasteiger partial charge on any atom is -0.450 e. The van der Waals surface area contributed by atoms with E-state index in [4.69, 9.17) is 5.02 Å². The Kier molecular flexibility index (Phi) is 1.79. The van der Waals surface area contributed by atoms with Crippen molar-refractivity contribution in [3.8, 4) is 0 Å². The number of nitrogens with one attached hydrogen (secondary N) is 1. The Morgan fingerprint density at radius 3 is 2.60 bits per heavy atom. The SMILES string of the molecule is O[B]c1ccc2[nH]c3ccccc3c2c1. The molecule has 0 bridgehead atoms. The summed E-state index contributed by atoms with van der Waals surface area (Å²) in [5, 5.41) is 11.3. The Morgan fingerprint density at radius 1 is 0.933 bits per heavy atom. The molecule has 0 spiro atoms. The van der Waals surface area contributed by atoms with E-state index >= 15 is 0 Å². The van der Waals surface area contributed by atoms with Crippen molar-refractivity contribution in [1.82, 2.24) is 4.98 Å². The van der Waals surface area contributed by atoms with Gasteiger partial charge in [0.2, 0.25) is 0 Å². The number of fused-ring (bicyclic) bond motifs is 3. The van der Waals surface area contributed by atoms with Gasteiger partial charge in [0.05, 0.1) is 0 Å². The minimum atomic E-state index is 0.826. The summed E-state index contributed by atoms with van der Waals surface area (Å²) in [4.78, 5) is 3.33. The largest absolute Gasteiger partial charge is 0.450 e. The lowest BCUT2D eigenvalue weighted by atomic mass is 9.88. The van der Waals surface area contributed by atoms with Crippen LogP contribution in [0.5, 0.6) is 0 Å². The van der Waals surface area contributed by atoms with Crippen molar-refractivity contribution in [2.75, 3.05) is 0 Å². The van der Waals surface area contributed by atoms with Crippen LogP contribution in [0.4, 0.5) is 0 Å². The molecule has 2 nitrogen and oxygen atoms in total. The van der Waals surface area contributed by atoms with Gasteiger partial charge in [-0.2, -0.15) is 0 Å². The van der Waals surface area contributed by atoms with E-state index in [1.54, 1.807) is 0 Å². The van der Waals surface area contributed by atoms with E-state index in [9.17, 15) is 0 Å². The summed E-state index contributed by atoms with van der Waals surface area (Å²) in [5.41, 5.74) is 3.05. The third kappa shape index (κ3) is 1.24. The highest BCUT2D eigenvalue weighted by molar-refractivity contribution is 6.46. The fraction of sp³-hybridized carbons (Fsp3) is 0. The smallest absolute Gasteiger partial charge is 0.326 e. The van der Waals surface area contributed by atoms with Gasteiger partial charge < -0.3 is 10.0 Å². The zero-order chi connectivity index (χ0) is 10.3. The highest BCUT2D eigenvalue weighted by Gasteiger charge is 2.03. The normalized spacial score (nSPS) is 11.0. The highest BCUT2D eigenvalue weighted by atomic mass is 16.2. The summed E-state index contributed by atoms with van der Waals surface area (Å²) < 4.78 is 0. The van der Waals surface area contributed by atoms with Crippen LogP contribution in [0.15, 0.2) is 42.5 Å². The van der Waals surface area contributed by atoms with Gasteiger partial charge in [0, 0.05) is 21.8 Å². The molecule has 1 heterocycles. The molecule has 0 fully saturated rings. The van der Waals surface area contributed by atoms with Crippen molar-refractivity contribution >= 4 is 34.8 Å². The van der Waals surface area contributed by atoms with Gasteiger partial charge in [-0.25, -0.2) is 0 Å². The number of aromatic nitrogens is 1. The lowest BCUT2D eigenvalue weighted by Gasteiger charge is -1.94. The topological polar surface area (TPSA) is 36.0 Å². The molecule has 0 aliphatic heterocycles. The Labute approximate surface area is 87.8 Å². The molecule has 0 aliphatic rings. The summed E-state index contributed by atoms with van der Waals surface area (Å²) in [7, 11) is 1.13. The first kappa shape index (κ1) is 8.56. The molecule has 1 radical (unpaired) electrons. The van der Waals surface area contributed by atoms with Crippen LogP contribution in [-0.4, -0.2) is 17.5 Å². The first-order chi connectivity index (χ1) is 7.38. The van der Waals surface area contributed by atoms with Crippen LogP contribution in [0.1, 0.15) is 0 Å². The van der Waals surface area contributed by atoms with Crippen molar-refractivity contribution in [2.24, 2.45) is 0 Å². The fourth-order valence-corrected chi connectivity index (χ4v) is 1.95. The quantitative estimate of drug-likeness (QED) is 0.566. The van der Waals surface area contributed by atoms with Gasteiger partial charge in [-0.3, -0.25) is 0 Å². The lowest BCUT2D eigenvalue weighted by molar-refractivity contribution is 0.615. The second-order valence-corrected chi connectivity index (χ2v) is 3.60. The number of hydrogen-bond acceptors (Lipinski definition) is 1. The van der Waals surface area contributed by atoms with Crippen molar-refractivity contribution in [3.05, 3.63) is 42.5 Å². The van der Waals surface area contributed by atoms with Gasteiger partial charge in [-0.15, -0.1) is 0 Å². The lowest BCUT2D eigenvalue weighted by Crippen LogP contribution is -2.11. The molecule has 1 aromatic heterocycles. The van der Waals surface area contributed by atoms with Gasteiger partial charge in [0.1, 0.15) is 0 Å². The molecule has 3 aromatic rings. The molecule has 2 aromatic carbocycles. The summed E-state index contributed by atoms with van der Waals surface area (Å²) in [6.45, 7) is 0. The maximum atomic E-state index is 8.97. The number of para-hydroxylation sites is 1. The van der Waals surface area contributed by atoms with E-state index in [2.05, 4.69) is 17.1 Å². The molecule has 3 rings (SSSR count). The zero-order valence-corrected chi connectivity index (χ0v) is 8.07. The molecule has 15 heavy (non-hydrogen) atoms. The van der Waals surface area contributed by atoms with Crippen molar-refractivity contribution < 1.29 is 5.02 Å². The van der Waals surface area contributed by atoms with Crippen molar-refractivity contribution in [1.29, 1.82) is 0 Å². The Hall–Kier alpha value is -1.74. The average Bonchev–Trinajstić information content (AvgIpc) is 2.66. The zero-order valence-electron chi connectivity index (χ0n) is 8.07. The van der Waals surface area contributed by atoms with E-state index in [1.165, 1.54) is 5.39 Å². The minimum absolute atomic E-state index is 0.826. The maximum Gasteiger partial charge on any atom is 0.326 e. The maximum absolute atomic E-state index is 8.97. The first-order valence-corrected chi connectivity index (χ1v) is 4.86. The number of H-pyrrole nitrogens is 1. The molecule has 2 N–H and O–H groups in total. The van der Waals surface area contributed by atoms with Crippen LogP contribution in [-0.2, 0) is 0 Å². The summed E-state index contributed by atoms with van der Waals surface area (Å²) in [6.07, 6.45) is 0. The highest BCUT2D eigenvalue weighted by Crippen LogP contribution is 2.23. The number of benzene rings is 2. The second kappa shape index (κ2) is 3.14. The Balaban J connectivity index is 2.46. The van der Waals surface area contributed by atoms with Gasteiger partial charge in [-0.1, -0.05) is 35.8 Å². The van der Waals surface area contributed by atoms with E-state index < -0.39 is 0 Å². The molecule has 0 saturated heterocycles. The molecule has 0 unspecified atom stereocenters. The third-order valence-corrected chi connectivity index (χ3v) is 2.68. The number of hydrogen-bond donors (Lipinski definition) is 2. The van der Waals surface area contributed by atoms with Gasteiger partial charge in [0.15, 0.2) is 0 Å². The van der Waals surface area contributed by atoms with Gasteiger partial charge >= 0.3 is 7.48 Å². The molecule has 71 valence electrons. The predicted molar refractivity (Wildman–Crippen MR) is 63.4 cm³/mol. The Morgan fingerprint density at radius 2 is 1.73 bits per heavy atom. The van der Waals surface area contributed by atoms with E-state index in [0.717, 1.165) is 29.4 Å². The van der Waals surface area contributed by atoms with E-state index in [-0.39, 0.29) is 0 Å². The molecular formula is C12H9BNO. The first-order valence-electron chi connectivity index (χ1n) is 4.86. The van der Waals surface area contributed by atoms with Crippen LogP contribution in [0.2, 0.25) is 0 Å². The van der Waals surface area contributed by atoms with Gasteiger partial charge in [-0.05, 0) is 12.1 Å². The predicted octanol–water partition coefficient (Wildman–Crippen LogP) is 1.56. The molecule has 0 aliphatic carbocycles. The van der Waals surface area contributed by atoms with E-state index in [0.29, 0.717) is 0 Å². The molecule has 0 amide bonds. The molecule has 0 atom stereocenters. The Bertz CT molecular complexity index is 630. The molecule has 3 heteroatoms. The number of rotatable bonds is 1. The molecule has 0 saturated carbocycles. The molecular weight excluding hydrogens is 185 g/mol. The fourth-order valence-electron chi connectivity index (χ4n) is 1.95. The van der Waals surface area contributed by atoms with Crippen LogP contribution >= 0.6 is 0 Å². The van der Waals surface area contributed by atoms with Crippen molar-refractivity contribution in [3.63, 3.8) is 0 Å². The number of aromatic amines is 1. The third-order valence-electron chi connectivity index (χ3n) is 2.68. The van der Waals surface area contributed by atoms with Gasteiger partial charge in [0.25, 0.3) is 0 Å².